The predicted octanol–water partition coefficient (Wildman–Crippen LogP) is 0.357. The van der Waals surface area contributed by atoms with Gasteiger partial charge < -0.3 is 0 Å². The van der Waals surface area contributed by atoms with Crippen molar-refractivity contribution in [3.63, 3.8) is 0 Å². The van der Waals surface area contributed by atoms with Crippen molar-refractivity contribution in [1.82, 2.24) is 14.3 Å². The Labute approximate surface area is 95.6 Å². The molecule has 1 aromatic heterocycles. The Hall–Kier alpha value is -1.01. The first-order chi connectivity index (χ1) is 7.50. The first kappa shape index (κ1) is 11.5. The average molecular weight is 241 g/mol. The Bertz CT molecular complexity index is 499. The van der Waals surface area contributed by atoms with Crippen molar-refractivity contribution in [3.05, 3.63) is 23.3 Å². The molecule has 88 valence electrons. The lowest BCUT2D eigenvalue weighted by Crippen LogP contribution is -2.35. The Morgan fingerprint density at radius 3 is 2.88 bits per heavy atom. The normalized spacial score (nSPS) is 17.1. The summed E-state index contributed by atoms with van der Waals surface area (Å²) in [6.07, 6.45) is 4.47. The minimum atomic E-state index is -3.11. The van der Waals surface area contributed by atoms with E-state index >= 15 is 0 Å². The largest absolute Gasteiger partial charge is 0.241 e. The molecule has 1 aliphatic rings. The summed E-state index contributed by atoms with van der Waals surface area (Å²) < 4.78 is 24.3. The lowest BCUT2D eigenvalue weighted by molar-refractivity contribution is 0.389. The lowest BCUT2D eigenvalue weighted by Gasteiger charge is -2.25. The highest BCUT2D eigenvalue weighted by molar-refractivity contribution is 7.88. The van der Waals surface area contributed by atoms with Crippen LogP contribution in [0.5, 0.6) is 0 Å². The van der Waals surface area contributed by atoms with Crippen molar-refractivity contribution in [2.75, 3.05) is 12.8 Å². The molecule has 0 aliphatic carbocycles. The maximum Gasteiger partial charge on any atom is 0.211 e. The van der Waals surface area contributed by atoms with Gasteiger partial charge in [-0.2, -0.15) is 4.31 Å². The van der Waals surface area contributed by atoms with E-state index in [2.05, 4.69) is 9.97 Å². The number of hydrogen-bond acceptors (Lipinski definition) is 4. The minimum Gasteiger partial charge on any atom is -0.241 e. The van der Waals surface area contributed by atoms with E-state index in [1.807, 2.05) is 6.92 Å². The summed E-state index contributed by atoms with van der Waals surface area (Å²) in [5.74, 6) is 0.826. The van der Waals surface area contributed by atoms with Gasteiger partial charge in [0.15, 0.2) is 0 Å². The molecule has 0 radical (unpaired) electrons. The quantitative estimate of drug-likeness (QED) is 0.750. The fraction of sp³-hybridized carbons (Fsp3) is 0.600. The summed E-state index contributed by atoms with van der Waals surface area (Å²) >= 11 is 0. The second kappa shape index (κ2) is 4.10. The Morgan fingerprint density at radius 1 is 1.50 bits per heavy atom. The van der Waals surface area contributed by atoms with Gasteiger partial charge in [0.1, 0.15) is 5.82 Å². The van der Waals surface area contributed by atoms with E-state index in [0.717, 1.165) is 23.5 Å². The fourth-order valence-corrected chi connectivity index (χ4v) is 2.58. The molecular weight excluding hydrogens is 226 g/mol. The van der Waals surface area contributed by atoms with Crippen molar-refractivity contribution in [1.29, 1.82) is 0 Å². The summed E-state index contributed by atoms with van der Waals surface area (Å²) in [7, 11) is -3.11. The molecule has 2 rings (SSSR count). The maximum absolute atomic E-state index is 11.4. The van der Waals surface area contributed by atoms with Gasteiger partial charge in [0.2, 0.25) is 10.0 Å². The van der Waals surface area contributed by atoms with Crippen molar-refractivity contribution < 1.29 is 8.42 Å². The van der Waals surface area contributed by atoms with Crippen LogP contribution in [-0.4, -0.2) is 35.5 Å². The molecule has 0 spiro atoms. The van der Waals surface area contributed by atoms with Gasteiger partial charge in [-0.15, -0.1) is 0 Å². The third-order valence-electron chi connectivity index (χ3n) is 2.73. The highest BCUT2D eigenvalue weighted by atomic mass is 32.2. The SMILES string of the molecule is CCc1ncc2c(n1)CCN(S(C)(=O)=O)C2. The van der Waals surface area contributed by atoms with Crippen molar-refractivity contribution in [3.8, 4) is 0 Å². The van der Waals surface area contributed by atoms with Gasteiger partial charge in [-0.1, -0.05) is 6.92 Å². The van der Waals surface area contributed by atoms with Crippen molar-refractivity contribution in [2.24, 2.45) is 0 Å². The first-order valence-corrected chi connectivity index (χ1v) is 7.14. The van der Waals surface area contributed by atoms with Crippen LogP contribution < -0.4 is 0 Å². The standard InChI is InChI=1S/C10H15N3O2S/c1-3-10-11-6-8-7-13(16(2,14)15)5-4-9(8)12-10/h6H,3-5,7H2,1-2H3. The smallest absolute Gasteiger partial charge is 0.211 e. The number of rotatable bonds is 2. The Balaban J connectivity index is 2.29. The third kappa shape index (κ3) is 2.22. The second-order valence-corrected chi connectivity index (χ2v) is 5.94. The third-order valence-corrected chi connectivity index (χ3v) is 3.98. The van der Waals surface area contributed by atoms with Crippen LogP contribution in [0.15, 0.2) is 6.20 Å². The molecule has 6 heteroatoms. The van der Waals surface area contributed by atoms with Crippen LogP contribution in [0.25, 0.3) is 0 Å². The molecule has 0 fully saturated rings. The zero-order valence-electron chi connectivity index (χ0n) is 9.47. The molecule has 0 bridgehead atoms. The van der Waals surface area contributed by atoms with Crippen LogP contribution in [0.2, 0.25) is 0 Å². The van der Waals surface area contributed by atoms with Gasteiger partial charge >= 0.3 is 0 Å². The highest BCUT2D eigenvalue weighted by Crippen LogP contribution is 2.18. The molecule has 0 amide bonds. The van der Waals surface area contributed by atoms with Crippen LogP contribution in [0.4, 0.5) is 0 Å². The van der Waals surface area contributed by atoms with Gasteiger partial charge in [0.25, 0.3) is 0 Å². The van der Waals surface area contributed by atoms with E-state index in [-0.39, 0.29) is 0 Å². The summed E-state index contributed by atoms with van der Waals surface area (Å²) in [6, 6.07) is 0. The molecule has 1 aliphatic heterocycles. The molecule has 5 nitrogen and oxygen atoms in total. The molecule has 0 aromatic carbocycles. The van der Waals surface area contributed by atoms with Gasteiger partial charge in [0.05, 0.1) is 6.26 Å². The summed E-state index contributed by atoms with van der Waals surface area (Å²) in [5, 5.41) is 0. The van der Waals surface area contributed by atoms with E-state index < -0.39 is 10.0 Å². The molecule has 0 saturated carbocycles. The summed E-state index contributed by atoms with van der Waals surface area (Å²) in [5.41, 5.74) is 1.92. The number of aryl methyl sites for hydroxylation is 1. The zero-order chi connectivity index (χ0) is 11.8. The average Bonchev–Trinajstić information content (AvgIpc) is 2.26. The van der Waals surface area contributed by atoms with E-state index in [9.17, 15) is 8.42 Å². The van der Waals surface area contributed by atoms with Crippen LogP contribution in [0.3, 0.4) is 0 Å². The minimum absolute atomic E-state index is 0.401. The summed E-state index contributed by atoms with van der Waals surface area (Å²) in [6.45, 7) is 2.93. The second-order valence-electron chi connectivity index (χ2n) is 3.96. The highest BCUT2D eigenvalue weighted by Gasteiger charge is 2.24. The molecule has 2 heterocycles. The van der Waals surface area contributed by atoms with Crippen LogP contribution in [-0.2, 0) is 29.4 Å². The predicted molar refractivity (Wildman–Crippen MR) is 60.4 cm³/mol. The Morgan fingerprint density at radius 2 is 2.25 bits per heavy atom. The van der Waals surface area contributed by atoms with E-state index in [4.69, 9.17) is 0 Å². The maximum atomic E-state index is 11.4. The Kier molecular flexibility index (Phi) is 2.94. The van der Waals surface area contributed by atoms with Crippen LogP contribution >= 0.6 is 0 Å². The van der Waals surface area contributed by atoms with Crippen LogP contribution in [0, 0.1) is 0 Å². The topological polar surface area (TPSA) is 63.2 Å². The summed E-state index contributed by atoms with van der Waals surface area (Å²) in [4.78, 5) is 8.61. The molecule has 0 N–H and O–H groups in total. The van der Waals surface area contributed by atoms with Crippen LogP contribution in [0.1, 0.15) is 24.0 Å². The molecule has 1 aromatic rings. The van der Waals surface area contributed by atoms with Gasteiger partial charge in [-0.05, 0) is 0 Å². The molecule has 0 atom stereocenters. The van der Waals surface area contributed by atoms with Gasteiger partial charge in [-0.3, -0.25) is 0 Å². The lowest BCUT2D eigenvalue weighted by atomic mass is 10.1. The molecule has 16 heavy (non-hydrogen) atoms. The molecule has 0 saturated heterocycles. The number of hydrogen-bond donors (Lipinski definition) is 0. The first-order valence-electron chi connectivity index (χ1n) is 5.29. The monoisotopic (exact) mass is 241 g/mol. The zero-order valence-corrected chi connectivity index (χ0v) is 10.3. The fourth-order valence-electron chi connectivity index (χ4n) is 1.79. The van der Waals surface area contributed by atoms with E-state index in [1.54, 1.807) is 6.20 Å². The number of sulfonamides is 1. The van der Waals surface area contributed by atoms with Crippen molar-refractivity contribution in [2.45, 2.75) is 26.3 Å². The number of nitrogens with zero attached hydrogens (tertiary/aromatic N) is 3. The number of fused-ring (bicyclic) bond motifs is 1. The number of aromatic nitrogens is 2. The van der Waals surface area contributed by atoms with E-state index in [1.165, 1.54) is 10.6 Å². The van der Waals surface area contributed by atoms with Gasteiger partial charge in [-0.25, -0.2) is 18.4 Å². The van der Waals surface area contributed by atoms with Gasteiger partial charge in [0, 0.05) is 43.4 Å². The molecule has 0 unspecified atom stereocenters. The van der Waals surface area contributed by atoms with Crippen molar-refractivity contribution >= 4 is 10.0 Å². The van der Waals surface area contributed by atoms with E-state index in [0.29, 0.717) is 19.5 Å². The molecular formula is C10H15N3O2S.